The average Bonchev–Trinajstić information content (AvgIpc) is 2.58. The second-order valence-electron chi connectivity index (χ2n) is 6.55. The summed E-state index contributed by atoms with van der Waals surface area (Å²) >= 11 is 0. The topological polar surface area (TPSA) is 221 Å². The molecule has 2 aliphatic rings. The van der Waals surface area contributed by atoms with Gasteiger partial charge in [0.25, 0.3) is 0 Å². The largest absolute Gasteiger partial charge is 0.475 e. The summed E-state index contributed by atoms with van der Waals surface area (Å²) in [6.45, 7) is 1.59. The van der Waals surface area contributed by atoms with E-state index < -0.39 is 72.9 Å². The van der Waals surface area contributed by atoms with Crippen LogP contribution in [0.2, 0.25) is 0 Å². The first-order valence-electron chi connectivity index (χ1n) is 8.08. The van der Waals surface area contributed by atoms with E-state index in [1.54, 1.807) is 6.92 Å². The van der Waals surface area contributed by atoms with Gasteiger partial charge in [-0.25, -0.2) is 4.79 Å². The van der Waals surface area contributed by atoms with E-state index in [4.69, 9.17) is 26.0 Å². The molecule has 2 fully saturated rings. The summed E-state index contributed by atoms with van der Waals surface area (Å²) in [6.07, 6.45) is -11.7. The standard InChI is InChI=1S/C14H25N3O9/c1-3-5(17-12(16)13(23)24)2-4(15)14(25-3)26-11-9(21)7(19)6(18)8(20)10(11)22/h3-11,14,18-22H,2,15H2,1H3,(H2,16,17)(H,23,24)/t3-,4+,5+,6?,7-,8+,9-,10+,11?,14+/m0/s1. The zero-order chi connectivity index (χ0) is 19.8. The lowest BCUT2D eigenvalue weighted by Gasteiger charge is -2.45. The van der Waals surface area contributed by atoms with Crippen molar-refractivity contribution in [2.75, 3.05) is 0 Å². The first-order valence-corrected chi connectivity index (χ1v) is 8.08. The van der Waals surface area contributed by atoms with E-state index in [0.29, 0.717) is 0 Å². The number of nitrogens with two attached hydrogens (primary N) is 2. The Morgan fingerprint density at radius 2 is 1.58 bits per heavy atom. The fraction of sp³-hybridized carbons (Fsp3) is 0.857. The monoisotopic (exact) mass is 379 g/mol. The third-order valence-electron chi connectivity index (χ3n) is 4.64. The van der Waals surface area contributed by atoms with E-state index in [1.807, 2.05) is 0 Å². The predicted octanol–water partition coefficient (Wildman–Crippen LogP) is -4.54. The van der Waals surface area contributed by atoms with Crippen LogP contribution in [0.4, 0.5) is 0 Å². The minimum atomic E-state index is -1.74. The molecule has 26 heavy (non-hydrogen) atoms. The molecular weight excluding hydrogens is 354 g/mol. The molecule has 150 valence electrons. The third-order valence-corrected chi connectivity index (χ3v) is 4.64. The summed E-state index contributed by atoms with van der Waals surface area (Å²) in [7, 11) is 0. The van der Waals surface area contributed by atoms with Crippen molar-refractivity contribution < 1.29 is 44.9 Å². The highest BCUT2D eigenvalue weighted by Crippen LogP contribution is 2.29. The Kier molecular flexibility index (Phi) is 6.52. The molecule has 10 N–H and O–H groups in total. The van der Waals surface area contributed by atoms with Gasteiger partial charge in [0.05, 0.1) is 18.2 Å². The van der Waals surface area contributed by atoms with E-state index in [0.717, 1.165) is 0 Å². The van der Waals surface area contributed by atoms with Crippen LogP contribution in [0.3, 0.4) is 0 Å². The number of hydrogen-bond donors (Lipinski definition) is 8. The summed E-state index contributed by atoms with van der Waals surface area (Å²) in [6, 6.07) is -1.46. The Bertz CT molecular complexity index is 532. The van der Waals surface area contributed by atoms with Crippen LogP contribution in [0.5, 0.6) is 0 Å². The summed E-state index contributed by atoms with van der Waals surface area (Å²) in [4.78, 5) is 14.6. The van der Waals surface area contributed by atoms with E-state index in [9.17, 15) is 30.3 Å². The Labute approximate surface area is 148 Å². The van der Waals surface area contributed by atoms with Gasteiger partial charge < -0.3 is 51.6 Å². The molecule has 2 rings (SSSR count). The maximum atomic E-state index is 10.8. The Hall–Kier alpha value is -1.38. The molecule has 0 aromatic heterocycles. The smallest absolute Gasteiger partial charge is 0.370 e. The van der Waals surface area contributed by atoms with Crippen molar-refractivity contribution in [1.29, 1.82) is 0 Å². The van der Waals surface area contributed by atoms with Crippen molar-refractivity contribution in [3.8, 4) is 0 Å². The van der Waals surface area contributed by atoms with E-state index in [2.05, 4.69) is 4.99 Å². The fourth-order valence-corrected chi connectivity index (χ4v) is 3.02. The summed E-state index contributed by atoms with van der Waals surface area (Å²) < 4.78 is 11.0. The number of amidine groups is 1. The number of nitrogens with zero attached hydrogens (tertiary/aromatic N) is 1. The van der Waals surface area contributed by atoms with Crippen LogP contribution in [0.15, 0.2) is 4.99 Å². The maximum absolute atomic E-state index is 10.8. The molecular formula is C14H25N3O9. The van der Waals surface area contributed by atoms with Gasteiger partial charge in [-0.3, -0.25) is 4.99 Å². The van der Waals surface area contributed by atoms with Crippen LogP contribution in [0.1, 0.15) is 13.3 Å². The number of carboxylic acids is 1. The Morgan fingerprint density at radius 1 is 1.08 bits per heavy atom. The molecule has 1 heterocycles. The van der Waals surface area contributed by atoms with Crippen molar-refractivity contribution in [3.05, 3.63) is 0 Å². The normalized spacial score (nSPS) is 47.6. The Morgan fingerprint density at radius 3 is 2.08 bits per heavy atom. The SMILES string of the molecule is C[C@@H]1O[C@H](OC2[C@@H](O)[C@@H](O)C(O)[C@@H](O)[C@H]2O)[C@H](N)C[C@H]1N=C(N)C(=O)O. The Balaban J connectivity index is 2.07. The highest BCUT2D eigenvalue weighted by molar-refractivity contribution is 6.33. The summed E-state index contributed by atoms with van der Waals surface area (Å²) in [5, 5.41) is 57.8. The van der Waals surface area contributed by atoms with Crippen molar-refractivity contribution in [1.82, 2.24) is 0 Å². The average molecular weight is 379 g/mol. The lowest BCUT2D eigenvalue weighted by atomic mass is 9.84. The zero-order valence-corrected chi connectivity index (χ0v) is 14.0. The molecule has 12 nitrogen and oxygen atoms in total. The fourth-order valence-electron chi connectivity index (χ4n) is 3.02. The number of aliphatic hydroxyl groups excluding tert-OH is 5. The van der Waals surface area contributed by atoms with Gasteiger partial charge in [-0.05, 0) is 13.3 Å². The van der Waals surface area contributed by atoms with Gasteiger partial charge in [-0.15, -0.1) is 0 Å². The zero-order valence-electron chi connectivity index (χ0n) is 14.0. The van der Waals surface area contributed by atoms with Crippen LogP contribution in [-0.2, 0) is 14.3 Å². The van der Waals surface area contributed by atoms with Crippen molar-refractivity contribution >= 4 is 11.8 Å². The molecule has 0 spiro atoms. The van der Waals surface area contributed by atoms with E-state index in [1.165, 1.54) is 0 Å². The first-order chi connectivity index (χ1) is 12.0. The second kappa shape index (κ2) is 8.10. The molecule has 10 atom stereocenters. The molecule has 1 aliphatic heterocycles. The quantitative estimate of drug-likeness (QED) is 0.172. The van der Waals surface area contributed by atoms with Gasteiger partial charge in [0.15, 0.2) is 6.29 Å². The maximum Gasteiger partial charge on any atom is 0.370 e. The number of carbonyl (C=O) groups is 1. The predicted molar refractivity (Wildman–Crippen MR) is 84.9 cm³/mol. The lowest BCUT2D eigenvalue weighted by molar-refractivity contribution is -0.293. The molecule has 0 aromatic rings. The molecule has 2 unspecified atom stereocenters. The van der Waals surface area contributed by atoms with Crippen molar-refractivity contribution in [2.24, 2.45) is 16.5 Å². The van der Waals surface area contributed by atoms with Crippen molar-refractivity contribution in [3.63, 3.8) is 0 Å². The third kappa shape index (κ3) is 4.13. The number of carboxylic acid groups (broad SMARTS) is 1. The van der Waals surface area contributed by atoms with Crippen LogP contribution >= 0.6 is 0 Å². The van der Waals surface area contributed by atoms with Gasteiger partial charge in [0.2, 0.25) is 5.84 Å². The lowest BCUT2D eigenvalue weighted by Crippen LogP contribution is -2.66. The summed E-state index contributed by atoms with van der Waals surface area (Å²) in [5.74, 6) is -1.96. The van der Waals surface area contributed by atoms with Gasteiger partial charge in [0.1, 0.15) is 36.6 Å². The highest BCUT2D eigenvalue weighted by Gasteiger charge is 2.50. The first kappa shape index (κ1) is 20.9. The molecule has 1 aliphatic carbocycles. The second-order valence-corrected chi connectivity index (χ2v) is 6.55. The molecule has 0 radical (unpaired) electrons. The van der Waals surface area contributed by atoms with Crippen LogP contribution in [0.25, 0.3) is 0 Å². The molecule has 0 aromatic carbocycles. The van der Waals surface area contributed by atoms with Gasteiger partial charge in [0, 0.05) is 0 Å². The number of aliphatic imine (C=N–C) groups is 1. The number of rotatable bonds is 3. The van der Waals surface area contributed by atoms with Gasteiger partial charge in [-0.1, -0.05) is 0 Å². The number of hydrogen-bond acceptors (Lipinski definition) is 10. The molecule has 1 saturated heterocycles. The van der Waals surface area contributed by atoms with Crippen LogP contribution in [-0.4, -0.2) is 104 Å². The minimum Gasteiger partial charge on any atom is -0.475 e. The number of aliphatic hydroxyl groups is 5. The molecule has 1 saturated carbocycles. The van der Waals surface area contributed by atoms with E-state index >= 15 is 0 Å². The van der Waals surface area contributed by atoms with Gasteiger partial charge in [-0.2, -0.15) is 0 Å². The van der Waals surface area contributed by atoms with E-state index in [-0.39, 0.29) is 6.42 Å². The highest BCUT2D eigenvalue weighted by atomic mass is 16.7. The molecule has 12 heteroatoms. The number of ether oxygens (including phenoxy) is 2. The number of aliphatic carboxylic acids is 1. The molecule has 0 bridgehead atoms. The molecule has 0 amide bonds. The van der Waals surface area contributed by atoms with Crippen LogP contribution in [0, 0.1) is 0 Å². The van der Waals surface area contributed by atoms with Gasteiger partial charge >= 0.3 is 5.97 Å². The van der Waals surface area contributed by atoms with Crippen LogP contribution < -0.4 is 11.5 Å². The van der Waals surface area contributed by atoms with Crippen molar-refractivity contribution in [2.45, 2.75) is 74.4 Å². The minimum absolute atomic E-state index is 0.145. The summed E-state index contributed by atoms with van der Waals surface area (Å²) in [5.41, 5.74) is 11.2.